The zero-order valence-corrected chi connectivity index (χ0v) is 10.6. The highest BCUT2D eigenvalue weighted by Crippen LogP contribution is 2.23. The van der Waals surface area contributed by atoms with Crippen LogP contribution in [0.5, 0.6) is 0 Å². The van der Waals surface area contributed by atoms with E-state index in [9.17, 15) is 4.39 Å². The molecule has 0 aliphatic heterocycles. The average molecular weight is 248 g/mol. The van der Waals surface area contributed by atoms with Gasteiger partial charge in [0.25, 0.3) is 0 Å². The lowest BCUT2D eigenvalue weighted by Gasteiger charge is -2.19. The Labute approximate surface area is 106 Å². The summed E-state index contributed by atoms with van der Waals surface area (Å²) >= 11 is 0. The molecule has 0 radical (unpaired) electrons. The summed E-state index contributed by atoms with van der Waals surface area (Å²) in [4.78, 5) is 1.80. The van der Waals surface area contributed by atoms with Gasteiger partial charge in [-0.15, -0.1) is 0 Å². The van der Waals surface area contributed by atoms with Gasteiger partial charge in [0.1, 0.15) is 11.6 Å². The van der Waals surface area contributed by atoms with Crippen molar-refractivity contribution in [3.05, 3.63) is 53.7 Å². The Morgan fingerprint density at radius 1 is 1.39 bits per heavy atom. The van der Waals surface area contributed by atoms with Crippen molar-refractivity contribution in [1.29, 1.82) is 0 Å². The summed E-state index contributed by atoms with van der Waals surface area (Å²) in [6, 6.07) is 8.60. The van der Waals surface area contributed by atoms with Crippen molar-refractivity contribution in [2.24, 2.45) is 5.73 Å². The van der Waals surface area contributed by atoms with E-state index in [0.29, 0.717) is 12.2 Å². The first kappa shape index (κ1) is 12.6. The van der Waals surface area contributed by atoms with E-state index in [-0.39, 0.29) is 11.9 Å². The predicted octanol–water partition coefficient (Wildman–Crippen LogP) is 3.07. The third kappa shape index (κ3) is 2.71. The van der Waals surface area contributed by atoms with Gasteiger partial charge in [-0.1, -0.05) is 6.07 Å². The summed E-state index contributed by atoms with van der Waals surface area (Å²) in [5.74, 6) is 0.534. The van der Waals surface area contributed by atoms with Gasteiger partial charge in [-0.2, -0.15) is 0 Å². The van der Waals surface area contributed by atoms with Crippen molar-refractivity contribution in [1.82, 2.24) is 0 Å². The van der Waals surface area contributed by atoms with Crippen LogP contribution in [-0.2, 0) is 6.54 Å². The van der Waals surface area contributed by atoms with Gasteiger partial charge in [0, 0.05) is 13.1 Å². The van der Waals surface area contributed by atoms with Crippen molar-refractivity contribution in [3.63, 3.8) is 0 Å². The molecule has 0 saturated carbocycles. The summed E-state index contributed by atoms with van der Waals surface area (Å²) < 4.78 is 19.2. The largest absolute Gasteiger partial charge is 0.467 e. The first-order valence-corrected chi connectivity index (χ1v) is 5.86. The minimum atomic E-state index is -0.265. The first-order chi connectivity index (χ1) is 8.58. The second-order valence-electron chi connectivity index (χ2n) is 4.43. The third-order valence-corrected chi connectivity index (χ3v) is 2.88. The fraction of sp³-hybridized carbons (Fsp3) is 0.286. The van der Waals surface area contributed by atoms with E-state index in [2.05, 4.69) is 0 Å². The van der Waals surface area contributed by atoms with Gasteiger partial charge in [-0.3, -0.25) is 0 Å². The van der Waals surface area contributed by atoms with Crippen molar-refractivity contribution in [3.8, 4) is 0 Å². The third-order valence-electron chi connectivity index (χ3n) is 2.88. The quantitative estimate of drug-likeness (QED) is 0.904. The van der Waals surface area contributed by atoms with Crippen LogP contribution < -0.4 is 10.6 Å². The van der Waals surface area contributed by atoms with Crippen molar-refractivity contribution < 1.29 is 8.81 Å². The number of halogens is 1. The van der Waals surface area contributed by atoms with E-state index >= 15 is 0 Å². The molecule has 1 atom stereocenters. The smallest absolute Gasteiger partial charge is 0.146 e. The van der Waals surface area contributed by atoms with Crippen LogP contribution in [0.4, 0.5) is 10.1 Å². The standard InChI is InChI=1S/C14H17FN2O/c1-10(16)11-5-6-14(13(15)8-11)17(2)9-12-4-3-7-18-12/h3-8,10H,9,16H2,1-2H3/t10-/m1/s1. The zero-order valence-electron chi connectivity index (χ0n) is 10.6. The number of nitrogens with two attached hydrogens (primary N) is 1. The number of anilines is 1. The molecule has 0 bridgehead atoms. The van der Waals surface area contributed by atoms with Gasteiger partial charge in [-0.05, 0) is 36.8 Å². The van der Waals surface area contributed by atoms with Gasteiger partial charge in [0.15, 0.2) is 0 Å². The lowest BCUT2D eigenvalue weighted by Crippen LogP contribution is -2.17. The highest BCUT2D eigenvalue weighted by molar-refractivity contribution is 5.49. The molecule has 0 saturated heterocycles. The van der Waals surface area contributed by atoms with Crippen molar-refractivity contribution in [2.75, 3.05) is 11.9 Å². The van der Waals surface area contributed by atoms with Crippen LogP contribution in [0.1, 0.15) is 24.3 Å². The molecule has 0 spiro atoms. The molecule has 0 unspecified atom stereocenters. The molecule has 0 aliphatic rings. The van der Waals surface area contributed by atoms with Crippen LogP contribution in [0.3, 0.4) is 0 Å². The Kier molecular flexibility index (Phi) is 3.67. The summed E-state index contributed by atoms with van der Waals surface area (Å²) in [6.45, 7) is 2.36. The Morgan fingerprint density at radius 2 is 2.17 bits per heavy atom. The Balaban J connectivity index is 2.17. The van der Waals surface area contributed by atoms with Crippen LogP contribution in [0.15, 0.2) is 41.0 Å². The van der Waals surface area contributed by atoms with E-state index in [1.54, 1.807) is 17.2 Å². The second kappa shape index (κ2) is 5.23. The van der Waals surface area contributed by atoms with E-state index in [4.69, 9.17) is 10.2 Å². The maximum absolute atomic E-state index is 14.0. The molecule has 2 aromatic rings. The number of hydrogen-bond donors (Lipinski definition) is 1. The van der Waals surface area contributed by atoms with Crippen molar-refractivity contribution >= 4 is 5.69 Å². The van der Waals surface area contributed by atoms with Gasteiger partial charge in [0.05, 0.1) is 18.5 Å². The summed E-state index contributed by atoms with van der Waals surface area (Å²) in [5, 5.41) is 0. The van der Waals surface area contributed by atoms with Gasteiger partial charge in [0.2, 0.25) is 0 Å². The molecule has 3 nitrogen and oxygen atoms in total. The van der Waals surface area contributed by atoms with Crippen LogP contribution in [0.25, 0.3) is 0 Å². The molecule has 0 aliphatic carbocycles. The number of rotatable bonds is 4. The maximum Gasteiger partial charge on any atom is 0.146 e. The lowest BCUT2D eigenvalue weighted by atomic mass is 10.1. The average Bonchev–Trinajstić information content (AvgIpc) is 2.81. The molecule has 0 amide bonds. The second-order valence-corrected chi connectivity index (χ2v) is 4.43. The number of nitrogens with zero attached hydrogens (tertiary/aromatic N) is 1. The molecule has 1 aromatic heterocycles. The molecule has 96 valence electrons. The molecular weight excluding hydrogens is 231 g/mol. The fourth-order valence-corrected chi connectivity index (χ4v) is 1.84. The minimum Gasteiger partial charge on any atom is -0.467 e. The molecule has 4 heteroatoms. The number of furan rings is 1. The molecule has 2 rings (SSSR count). The molecule has 2 N–H and O–H groups in total. The molecular formula is C14H17FN2O. The van der Waals surface area contributed by atoms with Gasteiger partial charge < -0.3 is 15.1 Å². The lowest BCUT2D eigenvalue weighted by molar-refractivity contribution is 0.505. The SMILES string of the molecule is C[C@@H](N)c1ccc(N(C)Cc2ccco2)c(F)c1. The zero-order chi connectivity index (χ0) is 13.1. The van der Waals surface area contributed by atoms with Crippen LogP contribution in [0, 0.1) is 5.82 Å². The first-order valence-electron chi connectivity index (χ1n) is 5.86. The molecule has 18 heavy (non-hydrogen) atoms. The molecule has 0 fully saturated rings. The van der Waals surface area contributed by atoms with Crippen LogP contribution in [0.2, 0.25) is 0 Å². The van der Waals surface area contributed by atoms with Gasteiger partial charge in [-0.25, -0.2) is 4.39 Å². The fourth-order valence-electron chi connectivity index (χ4n) is 1.84. The topological polar surface area (TPSA) is 42.4 Å². The summed E-state index contributed by atoms with van der Waals surface area (Å²) in [7, 11) is 1.83. The Bertz CT molecular complexity index is 509. The van der Waals surface area contributed by atoms with Crippen molar-refractivity contribution in [2.45, 2.75) is 19.5 Å². The maximum atomic E-state index is 14.0. The summed E-state index contributed by atoms with van der Waals surface area (Å²) in [5.41, 5.74) is 7.06. The highest BCUT2D eigenvalue weighted by atomic mass is 19.1. The van der Waals surface area contributed by atoms with Gasteiger partial charge >= 0.3 is 0 Å². The van der Waals surface area contributed by atoms with E-state index in [1.807, 2.05) is 32.2 Å². The number of benzene rings is 1. The van der Waals surface area contributed by atoms with Crippen LogP contribution in [-0.4, -0.2) is 7.05 Å². The highest BCUT2D eigenvalue weighted by Gasteiger charge is 2.11. The molecule has 1 aromatic carbocycles. The van der Waals surface area contributed by atoms with Crippen LogP contribution >= 0.6 is 0 Å². The summed E-state index contributed by atoms with van der Waals surface area (Å²) in [6.07, 6.45) is 1.61. The predicted molar refractivity (Wildman–Crippen MR) is 69.8 cm³/mol. The Morgan fingerprint density at radius 3 is 2.72 bits per heavy atom. The van der Waals surface area contributed by atoms with E-state index in [1.165, 1.54) is 6.07 Å². The number of hydrogen-bond acceptors (Lipinski definition) is 3. The van der Waals surface area contributed by atoms with E-state index in [0.717, 1.165) is 11.3 Å². The normalized spacial score (nSPS) is 12.4. The Hall–Kier alpha value is -1.81. The minimum absolute atomic E-state index is 0.163. The molecule has 1 heterocycles. The van der Waals surface area contributed by atoms with E-state index < -0.39 is 0 Å². The monoisotopic (exact) mass is 248 g/mol.